The molecule has 7 aromatic carbocycles. The van der Waals surface area contributed by atoms with E-state index in [1.807, 2.05) is 175 Å². The summed E-state index contributed by atoms with van der Waals surface area (Å²) in [5.41, 5.74) is 14.6. The monoisotopic (exact) mass is 1650 g/mol. The Balaban J connectivity index is 0.000000341. The molecule has 0 bridgehead atoms. The van der Waals surface area contributed by atoms with E-state index in [0.29, 0.717) is 58.2 Å². The van der Waals surface area contributed by atoms with Crippen LogP contribution in [0.4, 0.5) is 0 Å². The van der Waals surface area contributed by atoms with Gasteiger partial charge in [0.1, 0.15) is 25.3 Å². The van der Waals surface area contributed by atoms with Gasteiger partial charge in [-0.15, -0.1) is 0 Å². The minimum Gasteiger partial charge on any atom is -0.465 e. The lowest BCUT2D eigenvalue weighted by atomic mass is 9.84. The molecule has 9 aromatic rings. The average molecular weight is 1650 g/mol. The summed E-state index contributed by atoms with van der Waals surface area (Å²) in [4.78, 5) is 76.0. The van der Waals surface area contributed by atoms with Gasteiger partial charge in [-0.1, -0.05) is 97.6 Å². The Morgan fingerprint density at radius 1 is 0.357 bits per heavy atom. The normalized spacial score (nSPS) is 10.4. The van der Waals surface area contributed by atoms with Crippen LogP contribution >= 0.6 is 31.9 Å². The maximum atomic E-state index is 11.8. The van der Waals surface area contributed by atoms with Gasteiger partial charge in [-0.2, -0.15) is 36.5 Å². The summed E-state index contributed by atoms with van der Waals surface area (Å²) in [6.45, 7) is 25.3. The van der Waals surface area contributed by atoms with Gasteiger partial charge in [0.2, 0.25) is 0 Å². The summed E-state index contributed by atoms with van der Waals surface area (Å²) < 4.78 is 31.3. The molecule has 0 spiro atoms. The molecule has 1 N–H and O–H groups in total. The van der Waals surface area contributed by atoms with E-state index in [0.717, 1.165) is 88.8 Å². The number of aliphatic hydroxyl groups excluding tert-OH is 1. The molecule has 0 atom stereocenters. The number of halogens is 2. The van der Waals surface area contributed by atoms with Crippen molar-refractivity contribution < 1.29 is 62.3 Å². The highest BCUT2D eigenvalue weighted by Gasteiger charge is 2.26. The molecule has 26 heteroatoms. The van der Waals surface area contributed by atoms with Crippen molar-refractivity contribution in [3.8, 4) is 30.3 Å². The number of rotatable bonds is 18. The zero-order chi connectivity index (χ0) is 84.3. The third kappa shape index (κ3) is 30.1. The molecule has 0 saturated carbocycles. The van der Waals surface area contributed by atoms with Crippen LogP contribution in [0.1, 0.15) is 201 Å². The largest absolute Gasteiger partial charge is 0.465 e. The number of aliphatic hydroxyl groups is 1. The number of carbonyl (C=O) groups excluding carboxylic acids is 6. The van der Waals surface area contributed by atoms with Crippen molar-refractivity contribution in [3.05, 3.63) is 270 Å². The first-order valence-corrected chi connectivity index (χ1v) is 36.8. The second-order valence-electron chi connectivity index (χ2n) is 27.6. The molecule has 24 nitrogen and oxygen atoms in total. The fourth-order valence-corrected chi connectivity index (χ4v) is 11.0. The number of aryl methyl sites for hydroxylation is 5. The molecule has 0 fully saturated rings. The molecule has 0 aliphatic carbocycles. The number of benzene rings is 7. The molecule has 2 aromatic heterocycles. The van der Waals surface area contributed by atoms with Crippen LogP contribution < -0.4 is 0 Å². The molecule has 0 saturated heterocycles. The Labute approximate surface area is 672 Å². The molecule has 0 amide bonds. The zero-order valence-electron chi connectivity index (χ0n) is 66.7. The number of alkyl halides is 2. The first-order valence-electron chi connectivity index (χ1n) is 34.6. The van der Waals surface area contributed by atoms with Gasteiger partial charge in [-0.25, -0.2) is 48.1 Å². The lowest BCUT2D eigenvalue weighted by Gasteiger charge is -2.18. The standard InChI is InChI=1S/C15H16N4O2.C14H16N4O.C13H14BrNO2.C13H15NO2.C11H11NO2.C10H11BrO2.C10H12O2/c1-15(2,8-16)13-5-11(7-19-10-17-9-18-19)4-12(6-13)14(20)21-3;1-14(2,8-15)13-4-11(3-12(5-13)7-19)6-18-10-16-9-17-18;1-13(2,8-15)11-5-9(7-14)4-10(6-11)12(16)17-3;1-9-5-10(12(15)16-4)7-11(6-9)13(2,3)8-14;1-8-5-9(3-4-12)7-10(6-8)11(13)14-2;1-7-3-8(6-11)5-9(4-7)10(12)13-2;1-7-4-8(2)6-9(5-7)10(11)12-3/h4-6,9-10H,7H2,1-3H3;3-5,9-10,19H,6-7H2,1-2H3;4-6H,7H2,1-3H3;5-7H,1-4H3;5-7H,3H2,1-2H3;3-5H,6H2,1-2H3;4-6H,1-3H3. The lowest BCUT2D eigenvalue weighted by molar-refractivity contribution is 0.0591. The summed E-state index contributed by atoms with van der Waals surface area (Å²) in [5, 5.41) is 64.0. The fraction of sp³-hybridized carbons (Fsp3) is 0.337. The van der Waals surface area contributed by atoms with Gasteiger partial charge in [0, 0.05) is 10.7 Å². The maximum Gasteiger partial charge on any atom is 0.337 e. The second kappa shape index (κ2) is 45.2. The maximum absolute atomic E-state index is 11.8. The first kappa shape index (κ1) is 94.2. The minimum absolute atomic E-state index is 0.0420. The molecule has 9 rings (SSSR count). The number of ether oxygens (including phenoxy) is 6. The van der Waals surface area contributed by atoms with Crippen LogP contribution in [0.3, 0.4) is 0 Å². The molecule has 586 valence electrons. The quantitative estimate of drug-likeness (QED) is 0.0473. The van der Waals surface area contributed by atoms with E-state index in [1.54, 1.807) is 70.5 Å². The molecular weight excluding hydrogens is 1550 g/mol. The Morgan fingerprint density at radius 2 is 0.616 bits per heavy atom. The van der Waals surface area contributed by atoms with Gasteiger partial charge in [0.15, 0.2) is 0 Å². The molecule has 2 heterocycles. The SMILES string of the molecule is CC(C)(C#N)c1cc(CO)cc(Cn2cncn2)c1.COC(=O)c1cc(C)cc(C(C)(C)C#N)c1.COC(=O)c1cc(C)cc(C)c1.COC(=O)c1cc(C)cc(CBr)c1.COC(=O)c1cc(C)cc(CC#N)c1.COC(=O)c1cc(CBr)cc(C(C)(C)C#N)c1.COC(=O)c1cc(Cn2cncn2)cc(C(C)(C)C#N)c1. The van der Waals surface area contributed by atoms with Crippen LogP contribution in [0, 0.1) is 91.3 Å². The number of aromatic nitrogens is 6. The van der Waals surface area contributed by atoms with E-state index in [2.05, 4.69) is 95.2 Å². The van der Waals surface area contributed by atoms with Crippen LogP contribution in [-0.4, -0.2) is 113 Å². The Morgan fingerprint density at radius 3 is 0.938 bits per heavy atom. The van der Waals surface area contributed by atoms with E-state index in [1.165, 1.54) is 55.3 Å². The van der Waals surface area contributed by atoms with Crippen molar-refractivity contribution in [2.75, 3.05) is 42.7 Å². The average Bonchev–Trinajstić information content (AvgIpc) is 1.10. The third-order valence-electron chi connectivity index (χ3n) is 16.5. The highest BCUT2D eigenvalue weighted by atomic mass is 79.9. The van der Waals surface area contributed by atoms with E-state index < -0.39 is 27.6 Å². The van der Waals surface area contributed by atoms with Crippen molar-refractivity contribution in [1.29, 1.82) is 26.3 Å². The van der Waals surface area contributed by atoms with Gasteiger partial charge in [-0.05, 0) is 235 Å². The number of nitriles is 5. The molecule has 112 heavy (non-hydrogen) atoms. The smallest absolute Gasteiger partial charge is 0.337 e. The van der Waals surface area contributed by atoms with E-state index in [-0.39, 0.29) is 36.5 Å². The van der Waals surface area contributed by atoms with E-state index in [4.69, 9.17) is 25.3 Å². The summed E-state index contributed by atoms with van der Waals surface area (Å²) in [7, 11) is 8.15. The van der Waals surface area contributed by atoms with Gasteiger partial charge in [-0.3, -0.25) is 0 Å². The molecule has 0 unspecified atom stereocenters. The lowest BCUT2D eigenvalue weighted by Crippen LogP contribution is -2.16. The summed E-state index contributed by atoms with van der Waals surface area (Å²) in [6.07, 6.45) is 6.48. The van der Waals surface area contributed by atoms with Gasteiger partial charge < -0.3 is 33.5 Å². The third-order valence-corrected chi connectivity index (χ3v) is 17.8. The van der Waals surface area contributed by atoms with Crippen LogP contribution in [0.5, 0.6) is 0 Å². The topological polar surface area (TPSA) is 358 Å². The van der Waals surface area contributed by atoms with Gasteiger partial charge in [0.25, 0.3) is 0 Å². The summed E-state index contributed by atoms with van der Waals surface area (Å²) in [6, 6.07) is 49.5. The first-order chi connectivity index (χ1) is 52.8. The number of esters is 6. The fourth-order valence-electron chi connectivity index (χ4n) is 10.4. The number of methoxy groups -OCH3 is 6. The van der Waals surface area contributed by atoms with Crippen molar-refractivity contribution in [1.82, 2.24) is 29.5 Å². The second-order valence-corrected chi connectivity index (χ2v) is 28.7. The Hall–Kier alpha value is -12.0. The molecule has 0 radical (unpaired) electrons. The predicted molar refractivity (Wildman–Crippen MR) is 430 cm³/mol. The van der Waals surface area contributed by atoms with E-state index in [9.17, 15) is 44.4 Å². The van der Waals surface area contributed by atoms with Crippen molar-refractivity contribution in [3.63, 3.8) is 0 Å². The number of hydrogen-bond acceptors (Lipinski definition) is 22. The van der Waals surface area contributed by atoms with E-state index >= 15 is 0 Å². The number of carbonyl (C=O) groups is 6. The van der Waals surface area contributed by atoms with Gasteiger partial charge in [0.05, 0.1) is 154 Å². The Kier molecular flexibility index (Phi) is 38.0. The molecule has 0 aliphatic rings. The van der Waals surface area contributed by atoms with Crippen LogP contribution in [-0.2, 0) is 86.9 Å². The number of hydrogen-bond donors (Lipinski definition) is 1. The van der Waals surface area contributed by atoms with Crippen LogP contribution in [0.15, 0.2) is 153 Å². The van der Waals surface area contributed by atoms with Crippen molar-refractivity contribution in [2.45, 2.75) is 148 Å². The van der Waals surface area contributed by atoms with Crippen molar-refractivity contribution in [2.24, 2.45) is 0 Å². The van der Waals surface area contributed by atoms with Crippen molar-refractivity contribution >= 4 is 67.7 Å². The highest BCUT2D eigenvalue weighted by molar-refractivity contribution is 9.08. The van der Waals surface area contributed by atoms with Crippen LogP contribution in [0.25, 0.3) is 0 Å². The summed E-state index contributed by atoms with van der Waals surface area (Å²) >= 11 is 6.70. The van der Waals surface area contributed by atoms with Crippen LogP contribution in [0.2, 0.25) is 0 Å². The zero-order valence-corrected chi connectivity index (χ0v) is 69.9. The van der Waals surface area contributed by atoms with Gasteiger partial charge >= 0.3 is 35.8 Å². The number of nitrogens with zero attached hydrogens (tertiary/aromatic N) is 11. The summed E-state index contributed by atoms with van der Waals surface area (Å²) in [5.74, 6) is -2.12. The Bertz CT molecular complexity index is 4920. The molecular formula is C86H95Br2N11O13. The predicted octanol–water partition coefficient (Wildman–Crippen LogP) is 15.9. The molecule has 0 aliphatic heterocycles. The highest BCUT2D eigenvalue weighted by Crippen LogP contribution is 2.30. The minimum atomic E-state index is -0.693.